The molecule has 12 heavy (non-hydrogen) atoms. The van der Waals surface area contributed by atoms with Gasteiger partial charge in [0.25, 0.3) is 0 Å². The first-order valence-electron chi connectivity index (χ1n) is 5.62. The summed E-state index contributed by atoms with van der Waals surface area (Å²) in [4.78, 5) is 0. The molecule has 0 rings (SSSR count). The molecular formula is C12H25. The quantitative estimate of drug-likeness (QED) is 0.466. The molecule has 0 N–H and O–H groups in total. The van der Waals surface area contributed by atoms with E-state index in [4.69, 9.17) is 0 Å². The Morgan fingerprint density at radius 2 is 1.75 bits per heavy atom. The molecule has 1 unspecified atom stereocenters. The summed E-state index contributed by atoms with van der Waals surface area (Å²) in [6, 6.07) is 0. The Hall–Kier alpha value is 0. The van der Waals surface area contributed by atoms with Gasteiger partial charge in [0.15, 0.2) is 0 Å². The maximum atomic E-state index is 2.48. The lowest BCUT2D eigenvalue weighted by molar-refractivity contribution is 0.490. The van der Waals surface area contributed by atoms with Gasteiger partial charge in [-0.2, -0.15) is 0 Å². The maximum Gasteiger partial charge on any atom is -0.0383 e. The van der Waals surface area contributed by atoms with Crippen LogP contribution in [0, 0.1) is 12.3 Å². The molecule has 0 fully saturated rings. The second-order valence-corrected chi connectivity index (χ2v) is 3.91. The van der Waals surface area contributed by atoms with E-state index in [1.165, 1.54) is 44.9 Å². The summed E-state index contributed by atoms with van der Waals surface area (Å²) < 4.78 is 0. The van der Waals surface area contributed by atoms with Crippen molar-refractivity contribution < 1.29 is 0 Å². The molecule has 0 saturated carbocycles. The van der Waals surface area contributed by atoms with Crippen LogP contribution < -0.4 is 0 Å². The van der Waals surface area contributed by atoms with E-state index in [0.29, 0.717) is 0 Å². The highest BCUT2D eigenvalue weighted by molar-refractivity contribution is 4.68. The van der Waals surface area contributed by atoms with Crippen LogP contribution in [0.25, 0.3) is 0 Å². The van der Waals surface area contributed by atoms with E-state index < -0.39 is 0 Å². The molecule has 0 aliphatic rings. The van der Waals surface area contributed by atoms with Crippen molar-refractivity contribution in [3.63, 3.8) is 0 Å². The van der Waals surface area contributed by atoms with E-state index >= 15 is 0 Å². The third-order valence-corrected chi connectivity index (χ3v) is 2.38. The fourth-order valence-corrected chi connectivity index (χ4v) is 1.42. The Morgan fingerprint density at radius 1 is 1.08 bits per heavy atom. The molecule has 0 aliphatic carbocycles. The van der Waals surface area contributed by atoms with Gasteiger partial charge in [-0.15, -0.1) is 0 Å². The normalized spacial score (nSPS) is 13.2. The fourth-order valence-electron chi connectivity index (χ4n) is 1.42. The molecule has 0 aromatic heterocycles. The largest absolute Gasteiger partial charge is 0.0654 e. The Balaban J connectivity index is 3.02. The monoisotopic (exact) mass is 169 g/mol. The van der Waals surface area contributed by atoms with E-state index in [-0.39, 0.29) is 0 Å². The van der Waals surface area contributed by atoms with Crippen LogP contribution in [0.15, 0.2) is 0 Å². The number of unbranched alkanes of at least 4 members (excludes halogenated alkanes) is 4. The van der Waals surface area contributed by atoms with Gasteiger partial charge in [0, 0.05) is 0 Å². The molecule has 0 aromatic rings. The van der Waals surface area contributed by atoms with Crippen molar-refractivity contribution in [1.29, 1.82) is 0 Å². The Labute approximate surface area is 78.8 Å². The van der Waals surface area contributed by atoms with Crippen LogP contribution in [0.1, 0.15) is 65.7 Å². The molecule has 0 amide bonds. The zero-order valence-electron chi connectivity index (χ0n) is 9.10. The minimum Gasteiger partial charge on any atom is -0.0654 e. The summed E-state index contributed by atoms with van der Waals surface area (Å²) >= 11 is 0. The highest BCUT2D eigenvalue weighted by Gasteiger charge is 2.00. The van der Waals surface area contributed by atoms with E-state index in [9.17, 15) is 0 Å². The van der Waals surface area contributed by atoms with Crippen LogP contribution in [0.4, 0.5) is 0 Å². The fraction of sp³-hybridized carbons (Fsp3) is 0.917. The van der Waals surface area contributed by atoms with Crippen molar-refractivity contribution in [3.8, 4) is 0 Å². The van der Waals surface area contributed by atoms with Crippen LogP contribution in [0.2, 0.25) is 0 Å². The summed E-state index contributed by atoms with van der Waals surface area (Å²) in [6.45, 7) is 6.90. The third-order valence-electron chi connectivity index (χ3n) is 2.38. The SMILES string of the molecule is CCCC[CH]CC(C)CCCC. The number of hydrogen-bond acceptors (Lipinski definition) is 0. The second-order valence-electron chi connectivity index (χ2n) is 3.91. The average molecular weight is 169 g/mol. The van der Waals surface area contributed by atoms with E-state index in [1.807, 2.05) is 0 Å². The molecule has 0 heteroatoms. The summed E-state index contributed by atoms with van der Waals surface area (Å²) in [5, 5.41) is 0. The van der Waals surface area contributed by atoms with E-state index in [0.717, 1.165) is 5.92 Å². The maximum absolute atomic E-state index is 2.48. The van der Waals surface area contributed by atoms with E-state index in [1.54, 1.807) is 0 Å². The molecule has 0 spiro atoms. The zero-order valence-corrected chi connectivity index (χ0v) is 9.10. The summed E-state index contributed by atoms with van der Waals surface area (Å²) in [6.07, 6.45) is 12.0. The van der Waals surface area contributed by atoms with Gasteiger partial charge in [0.2, 0.25) is 0 Å². The van der Waals surface area contributed by atoms with Gasteiger partial charge in [-0.05, 0) is 18.8 Å². The first kappa shape index (κ1) is 12.0. The minimum atomic E-state index is 0.918. The average Bonchev–Trinajstić information content (AvgIpc) is 2.09. The van der Waals surface area contributed by atoms with Gasteiger partial charge < -0.3 is 0 Å². The van der Waals surface area contributed by atoms with Gasteiger partial charge in [-0.3, -0.25) is 0 Å². The second kappa shape index (κ2) is 9.09. The molecule has 1 atom stereocenters. The van der Waals surface area contributed by atoms with Gasteiger partial charge in [-0.25, -0.2) is 0 Å². The van der Waals surface area contributed by atoms with Crippen LogP contribution in [-0.4, -0.2) is 0 Å². The summed E-state index contributed by atoms with van der Waals surface area (Å²) in [5.41, 5.74) is 0. The van der Waals surface area contributed by atoms with Crippen LogP contribution >= 0.6 is 0 Å². The van der Waals surface area contributed by atoms with Crippen molar-refractivity contribution >= 4 is 0 Å². The Morgan fingerprint density at radius 3 is 2.33 bits per heavy atom. The number of rotatable bonds is 8. The topological polar surface area (TPSA) is 0 Å². The molecule has 0 aliphatic heterocycles. The predicted molar refractivity (Wildman–Crippen MR) is 57.1 cm³/mol. The summed E-state index contributed by atoms with van der Waals surface area (Å²) in [5.74, 6) is 0.918. The smallest absolute Gasteiger partial charge is 0.0383 e. The van der Waals surface area contributed by atoms with Crippen molar-refractivity contribution in [2.45, 2.75) is 65.7 Å². The molecule has 0 aromatic carbocycles. The van der Waals surface area contributed by atoms with E-state index in [2.05, 4.69) is 27.2 Å². The lowest BCUT2D eigenvalue weighted by Crippen LogP contribution is -1.94. The van der Waals surface area contributed by atoms with Crippen molar-refractivity contribution in [2.24, 2.45) is 5.92 Å². The van der Waals surface area contributed by atoms with Crippen LogP contribution in [0.5, 0.6) is 0 Å². The van der Waals surface area contributed by atoms with Crippen molar-refractivity contribution in [1.82, 2.24) is 0 Å². The first-order chi connectivity index (χ1) is 5.81. The predicted octanol–water partition coefficient (Wildman–Crippen LogP) is 4.60. The molecule has 0 saturated heterocycles. The highest BCUT2D eigenvalue weighted by atomic mass is 14.1. The molecule has 1 radical (unpaired) electrons. The van der Waals surface area contributed by atoms with Crippen LogP contribution in [0.3, 0.4) is 0 Å². The van der Waals surface area contributed by atoms with Gasteiger partial charge in [0.05, 0.1) is 0 Å². The molecule has 73 valence electrons. The van der Waals surface area contributed by atoms with Gasteiger partial charge in [0.1, 0.15) is 0 Å². The molecule has 0 heterocycles. The third kappa shape index (κ3) is 8.10. The minimum absolute atomic E-state index is 0.918. The zero-order chi connectivity index (χ0) is 9.23. The lowest BCUT2D eigenvalue weighted by atomic mass is 9.97. The molecular weight excluding hydrogens is 144 g/mol. The first-order valence-corrected chi connectivity index (χ1v) is 5.62. The van der Waals surface area contributed by atoms with Crippen LogP contribution in [-0.2, 0) is 0 Å². The number of hydrogen-bond donors (Lipinski definition) is 0. The summed E-state index contributed by atoms with van der Waals surface area (Å²) in [7, 11) is 0. The highest BCUT2D eigenvalue weighted by Crippen LogP contribution is 2.15. The van der Waals surface area contributed by atoms with Crippen molar-refractivity contribution in [2.75, 3.05) is 0 Å². The van der Waals surface area contributed by atoms with Gasteiger partial charge in [-0.1, -0.05) is 59.3 Å². The standard InChI is InChI=1S/C12H25/c1-4-6-8-9-11-12(3)10-7-5-2/h9,12H,4-8,10-11H2,1-3H3. The Bertz CT molecular complexity index is 76.1. The molecule has 0 nitrogen and oxygen atoms in total. The molecule has 0 bridgehead atoms. The Kier molecular flexibility index (Phi) is 9.09. The van der Waals surface area contributed by atoms with Gasteiger partial charge >= 0.3 is 0 Å². The lowest BCUT2D eigenvalue weighted by Gasteiger charge is -2.09. The van der Waals surface area contributed by atoms with Crippen molar-refractivity contribution in [3.05, 3.63) is 6.42 Å².